The Morgan fingerprint density at radius 2 is 1.81 bits per heavy atom. The summed E-state index contributed by atoms with van der Waals surface area (Å²) in [5.74, 6) is 7.32. The summed E-state index contributed by atoms with van der Waals surface area (Å²) >= 11 is 0. The number of anilines is 1. The Morgan fingerprint density at radius 1 is 1.09 bits per heavy atom. The first-order chi connectivity index (χ1) is 15.1. The van der Waals surface area contributed by atoms with Gasteiger partial charge in [-0.2, -0.15) is 0 Å². The maximum Gasteiger partial charge on any atom is 0.118 e. The van der Waals surface area contributed by atoms with Crippen molar-refractivity contribution in [1.82, 2.24) is 4.90 Å². The van der Waals surface area contributed by atoms with Crippen LogP contribution in [0.4, 0.5) is 5.69 Å². The quantitative estimate of drug-likeness (QED) is 0.373. The fourth-order valence-corrected chi connectivity index (χ4v) is 5.25. The number of allylic oxidation sites excluding steroid dienone is 1. The van der Waals surface area contributed by atoms with Gasteiger partial charge in [-0.3, -0.25) is 4.90 Å². The highest BCUT2D eigenvalue weighted by Crippen LogP contribution is 2.15. The van der Waals surface area contributed by atoms with Crippen molar-refractivity contribution in [3.8, 4) is 17.6 Å². The van der Waals surface area contributed by atoms with E-state index in [1.807, 2.05) is 6.08 Å². The summed E-state index contributed by atoms with van der Waals surface area (Å²) in [4.78, 5) is 2.42. The minimum absolute atomic E-state index is 0.0486. The average molecular weight is 449 g/mol. The van der Waals surface area contributed by atoms with Gasteiger partial charge in [0.2, 0.25) is 0 Å². The minimum atomic E-state index is -1.59. The lowest BCUT2D eigenvalue weighted by atomic mass is 9.98. The summed E-state index contributed by atoms with van der Waals surface area (Å²) in [5.41, 5.74) is 2.57. The minimum Gasteiger partial charge on any atom is -0.497 e. The molecule has 0 aliphatic rings. The predicted molar refractivity (Wildman–Crippen MR) is 142 cm³/mol. The van der Waals surface area contributed by atoms with Crippen molar-refractivity contribution in [3.05, 3.63) is 66.2 Å². The third-order valence-corrected chi connectivity index (χ3v) is 8.36. The Morgan fingerprint density at radius 3 is 2.44 bits per heavy atom. The van der Waals surface area contributed by atoms with Crippen molar-refractivity contribution in [2.75, 3.05) is 31.7 Å². The summed E-state index contributed by atoms with van der Waals surface area (Å²) in [6, 6.07) is 17.4. The van der Waals surface area contributed by atoms with Crippen LogP contribution in [0.5, 0.6) is 5.75 Å². The van der Waals surface area contributed by atoms with E-state index in [-0.39, 0.29) is 5.41 Å². The van der Waals surface area contributed by atoms with E-state index >= 15 is 0 Å². The second-order valence-electron chi connectivity index (χ2n) is 9.92. The molecule has 2 aromatic carbocycles. The van der Waals surface area contributed by atoms with Gasteiger partial charge >= 0.3 is 0 Å². The van der Waals surface area contributed by atoms with Crippen LogP contribution in [0.25, 0.3) is 0 Å². The number of nitrogens with zero attached hydrogens (tertiary/aromatic N) is 1. The van der Waals surface area contributed by atoms with Gasteiger partial charge in [-0.25, -0.2) is 0 Å². The van der Waals surface area contributed by atoms with Gasteiger partial charge in [0.15, 0.2) is 0 Å². The first-order valence-electron chi connectivity index (χ1n) is 11.5. The summed E-state index contributed by atoms with van der Waals surface area (Å²) in [5, 5.41) is 5.13. The fourth-order valence-electron chi connectivity index (χ4n) is 3.33. The highest BCUT2D eigenvalue weighted by atomic mass is 28.3. The van der Waals surface area contributed by atoms with E-state index in [0.29, 0.717) is 0 Å². The first-order valence-corrected chi connectivity index (χ1v) is 14.7. The van der Waals surface area contributed by atoms with Crippen LogP contribution >= 0.6 is 0 Å². The van der Waals surface area contributed by atoms with E-state index in [0.717, 1.165) is 31.6 Å². The number of rotatable bonds is 10. The topological polar surface area (TPSA) is 24.5 Å². The fraction of sp³-hybridized carbons (Fsp3) is 0.429. The lowest BCUT2D eigenvalue weighted by Crippen LogP contribution is -2.48. The molecule has 0 aromatic heterocycles. The van der Waals surface area contributed by atoms with Crippen molar-refractivity contribution in [2.24, 2.45) is 5.41 Å². The molecule has 3 nitrogen and oxygen atoms in total. The molecular formula is C28H40N2OSi. The van der Waals surface area contributed by atoms with Crippen molar-refractivity contribution < 1.29 is 4.74 Å². The van der Waals surface area contributed by atoms with Crippen molar-refractivity contribution >= 4 is 18.9 Å². The third kappa shape index (κ3) is 8.94. The highest BCUT2D eigenvalue weighted by molar-refractivity contribution is 6.90. The molecule has 0 radical (unpaired) electrons. The van der Waals surface area contributed by atoms with Crippen LogP contribution in [0.2, 0.25) is 13.1 Å². The molecule has 2 aromatic rings. The molecule has 0 aliphatic heterocycles. The van der Waals surface area contributed by atoms with Gasteiger partial charge in [0.25, 0.3) is 0 Å². The third-order valence-electron chi connectivity index (χ3n) is 5.40. The first kappa shape index (κ1) is 25.8. The van der Waals surface area contributed by atoms with Gasteiger partial charge < -0.3 is 10.1 Å². The Balaban J connectivity index is 1.95. The summed E-state index contributed by atoms with van der Waals surface area (Å²) in [6.45, 7) is 16.3. The highest BCUT2D eigenvalue weighted by Gasteiger charge is 2.23. The molecule has 172 valence electrons. The normalized spacial score (nSPS) is 12.0. The maximum atomic E-state index is 5.30. The molecule has 0 atom stereocenters. The summed E-state index contributed by atoms with van der Waals surface area (Å²) in [7, 11) is 0.119. The smallest absolute Gasteiger partial charge is 0.118 e. The molecule has 0 heterocycles. The zero-order valence-corrected chi connectivity index (χ0v) is 22.0. The Bertz CT molecular complexity index is 930. The molecule has 4 heteroatoms. The largest absolute Gasteiger partial charge is 0.497 e. The lowest BCUT2D eigenvalue weighted by Gasteiger charge is -2.25. The van der Waals surface area contributed by atoms with Gasteiger partial charge in [-0.05, 0) is 63.2 Å². The number of hydrogen-bond donors (Lipinski definition) is 1. The molecule has 0 aliphatic carbocycles. The number of nitrogens with one attached hydrogen (secondary N) is 1. The lowest BCUT2D eigenvalue weighted by molar-refractivity contribution is 0.311. The molecular weight excluding hydrogens is 408 g/mol. The molecule has 0 fully saturated rings. The van der Waals surface area contributed by atoms with E-state index in [2.05, 4.69) is 117 Å². The molecule has 2 rings (SSSR count). The Hall–Kier alpha value is -2.48. The standard InChI is InChI=1S/C28H40N2OSi/c1-8-30(20-11-9-10-19-28(2,3)4)22-24-13-12-14-25(21-24)29-23-32(6,7)27-17-15-26(31-5)16-18-27/h9,11-18,21,29H,8,20,22-23H2,1-7H3/b11-9+. The number of methoxy groups -OCH3 is 1. The molecule has 0 saturated carbocycles. The van der Waals surface area contributed by atoms with E-state index in [1.54, 1.807) is 7.11 Å². The Labute approximate surface area is 196 Å². The van der Waals surface area contributed by atoms with Crippen molar-refractivity contribution in [2.45, 2.75) is 47.3 Å². The van der Waals surface area contributed by atoms with Crippen LogP contribution < -0.4 is 15.2 Å². The van der Waals surface area contributed by atoms with Gasteiger partial charge in [-0.1, -0.05) is 67.4 Å². The van der Waals surface area contributed by atoms with E-state index in [1.165, 1.54) is 16.4 Å². The maximum absolute atomic E-state index is 5.30. The van der Waals surface area contributed by atoms with Crippen molar-refractivity contribution in [1.29, 1.82) is 0 Å². The van der Waals surface area contributed by atoms with E-state index in [4.69, 9.17) is 4.74 Å². The van der Waals surface area contributed by atoms with E-state index < -0.39 is 8.07 Å². The van der Waals surface area contributed by atoms with Gasteiger partial charge in [0.05, 0.1) is 7.11 Å². The van der Waals surface area contributed by atoms with Crippen LogP contribution in [-0.4, -0.2) is 39.3 Å². The van der Waals surface area contributed by atoms with Gasteiger partial charge in [0.1, 0.15) is 13.8 Å². The van der Waals surface area contributed by atoms with Crippen LogP contribution in [0.15, 0.2) is 60.7 Å². The second-order valence-corrected chi connectivity index (χ2v) is 14.6. The van der Waals surface area contributed by atoms with Gasteiger partial charge in [-0.15, -0.1) is 0 Å². The predicted octanol–water partition coefficient (Wildman–Crippen LogP) is 5.69. The molecule has 0 amide bonds. The zero-order chi connectivity index (χ0) is 23.6. The number of hydrogen-bond acceptors (Lipinski definition) is 3. The second kappa shape index (κ2) is 11.9. The van der Waals surface area contributed by atoms with E-state index in [9.17, 15) is 0 Å². The zero-order valence-electron chi connectivity index (χ0n) is 21.0. The number of likely N-dealkylation sites (N-methyl/N-ethyl adjacent to an activating group) is 1. The number of benzene rings is 2. The Kier molecular flexibility index (Phi) is 9.62. The molecule has 0 unspecified atom stereocenters. The van der Waals surface area contributed by atoms with Crippen molar-refractivity contribution in [3.63, 3.8) is 0 Å². The molecule has 1 N–H and O–H groups in total. The molecule has 0 spiro atoms. The molecule has 32 heavy (non-hydrogen) atoms. The SMILES string of the molecule is CCN(C/C=C/C#CC(C)(C)C)Cc1cccc(NC[Si](C)(C)c2ccc(OC)cc2)c1. The van der Waals surface area contributed by atoms with Crippen LogP contribution in [0.3, 0.4) is 0 Å². The summed E-state index contributed by atoms with van der Waals surface area (Å²) in [6.07, 6.45) is 5.14. The average Bonchev–Trinajstić information content (AvgIpc) is 2.76. The van der Waals surface area contributed by atoms with Crippen LogP contribution in [-0.2, 0) is 6.54 Å². The monoisotopic (exact) mass is 448 g/mol. The van der Waals surface area contributed by atoms with Gasteiger partial charge in [0, 0.05) is 30.4 Å². The van der Waals surface area contributed by atoms with Crippen LogP contribution in [0, 0.1) is 17.3 Å². The molecule has 0 saturated heterocycles. The van der Waals surface area contributed by atoms with Crippen LogP contribution in [0.1, 0.15) is 33.3 Å². The number of ether oxygens (including phenoxy) is 1. The molecule has 0 bridgehead atoms. The summed E-state index contributed by atoms with van der Waals surface area (Å²) < 4.78 is 5.30.